The number of anilines is 1. The Morgan fingerprint density at radius 2 is 2.00 bits per heavy atom. The molecule has 2 aromatic rings. The molecule has 1 aromatic heterocycles. The Morgan fingerprint density at radius 3 is 2.53 bits per heavy atom. The number of rotatable bonds is 4. The first-order chi connectivity index (χ1) is 8.16. The van der Waals surface area contributed by atoms with Crippen LogP contribution in [0.25, 0.3) is 11.3 Å². The quantitative estimate of drug-likeness (QED) is 0.849. The van der Waals surface area contributed by atoms with E-state index in [0.29, 0.717) is 0 Å². The molecule has 4 heteroatoms. The summed E-state index contributed by atoms with van der Waals surface area (Å²) in [6, 6.07) is 10.5. The van der Waals surface area contributed by atoms with Gasteiger partial charge in [-0.2, -0.15) is 0 Å². The molecule has 0 saturated carbocycles. The van der Waals surface area contributed by atoms with Gasteiger partial charge in [0, 0.05) is 11.3 Å². The van der Waals surface area contributed by atoms with Crippen molar-refractivity contribution in [3.05, 3.63) is 42.7 Å². The summed E-state index contributed by atoms with van der Waals surface area (Å²) in [4.78, 5) is 10.7. The SMILES string of the molecule is C[C@H](Nc1ccc(-c2ccco2)cc1)C(=O)O. The molecule has 0 fully saturated rings. The highest BCUT2D eigenvalue weighted by Crippen LogP contribution is 2.21. The van der Waals surface area contributed by atoms with E-state index in [1.807, 2.05) is 36.4 Å². The van der Waals surface area contributed by atoms with Gasteiger partial charge < -0.3 is 14.8 Å². The second kappa shape index (κ2) is 4.74. The van der Waals surface area contributed by atoms with Gasteiger partial charge in [0.25, 0.3) is 0 Å². The van der Waals surface area contributed by atoms with E-state index in [1.54, 1.807) is 13.2 Å². The van der Waals surface area contributed by atoms with Crippen molar-refractivity contribution < 1.29 is 14.3 Å². The number of hydrogen-bond donors (Lipinski definition) is 2. The van der Waals surface area contributed by atoms with Crippen molar-refractivity contribution in [2.24, 2.45) is 0 Å². The Morgan fingerprint density at radius 1 is 1.29 bits per heavy atom. The van der Waals surface area contributed by atoms with Gasteiger partial charge in [-0.1, -0.05) is 0 Å². The molecule has 2 rings (SSSR count). The van der Waals surface area contributed by atoms with Gasteiger partial charge in [-0.15, -0.1) is 0 Å². The van der Waals surface area contributed by atoms with Crippen molar-refractivity contribution in [3.63, 3.8) is 0 Å². The van der Waals surface area contributed by atoms with Crippen LogP contribution in [0.3, 0.4) is 0 Å². The normalized spacial score (nSPS) is 12.1. The van der Waals surface area contributed by atoms with Crippen molar-refractivity contribution in [1.82, 2.24) is 0 Å². The molecule has 0 aliphatic carbocycles. The van der Waals surface area contributed by atoms with Crippen LogP contribution < -0.4 is 5.32 Å². The molecule has 0 amide bonds. The Hall–Kier alpha value is -2.23. The number of benzene rings is 1. The molecule has 1 atom stereocenters. The van der Waals surface area contributed by atoms with E-state index < -0.39 is 12.0 Å². The minimum absolute atomic E-state index is 0.607. The predicted octanol–water partition coefficient (Wildman–Crippen LogP) is 2.83. The lowest BCUT2D eigenvalue weighted by Gasteiger charge is -2.10. The summed E-state index contributed by atoms with van der Waals surface area (Å²) in [5.41, 5.74) is 1.73. The lowest BCUT2D eigenvalue weighted by molar-refractivity contribution is -0.137. The average Bonchev–Trinajstić information content (AvgIpc) is 2.83. The summed E-state index contributed by atoms with van der Waals surface area (Å²) in [7, 11) is 0. The van der Waals surface area contributed by atoms with Crippen molar-refractivity contribution in [2.45, 2.75) is 13.0 Å². The highest BCUT2D eigenvalue weighted by atomic mass is 16.4. The molecule has 1 aromatic carbocycles. The maximum Gasteiger partial charge on any atom is 0.325 e. The fourth-order valence-electron chi connectivity index (χ4n) is 1.49. The number of carboxylic acids is 1. The van der Waals surface area contributed by atoms with Crippen LogP contribution >= 0.6 is 0 Å². The molecule has 0 spiro atoms. The topological polar surface area (TPSA) is 62.5 Å². The van der Waals surface area contributed by atoms with Crippen LogP contribution in [0.15, 0.2) is 47.1 Å². The van der Waals surface area contributed by atoms with E-state index >= 15 is 0 Å². The summed E-state index contributed by atoms with van der Waals surface area (Å²) in [5, 5.41) is 11.7. The highest BCUT2D eigenvalue weighted by molar-refractivity contribution is 5.77. The standard InChI is InChI=1S/C13H13NO3/c1-9(13(15)16)14-11-6-4-10(5-7-11)12-3-2-8-17-12/h2-9,14H,1H3,(H,15,16)/t9-/m0/s1. The molecule has 0 unspecified atom stereocenters. The van der Waals surface area contributed by atoms with Crippen LogP contribution in [-0.2, 0) is 4.79 Å². The van der Waals surface area contributed by atoms with E-state index in [9.17, 15) is 4.79 Å². The maximum absolute atomic E-state index is 10.7. The fraction of sp³-hybridized carbons (Fsp3) is 0.154. The molecular weight excluding hydrogens is 218 g/mol. The highest BCUT2D eigenvalue weighted by Gasteiger charge is 2.09. The minimum Gasteiger partial charge on any atom is -0.480 e. The molecule has 2 N–H and O–H groups in total. The molecule has 0 bridgehead atoms. The fourth-order valence-corrected chi connectivity index (χ4v) is 1.49. The van der Waals surface area contributed by atoms with Crippen LogP contribution in [0.4, 0.5) is 5.69 Å². The largest absolute Gasteiger partial charge is 0.480 e. The number of carboxylic acid groups (broad SMARTS) is 1. The number of furan rings is 1. The van der Waals surface area contributed by atoms with Crippen LogP contribution in [0.5, 0.6) is 0 Å². The first-order valence-electron chi connectivity index (χ1n) is 5.30. The van der Waals surface area contributed by atoms with Gasteiger partial charge in [0.05, 0.1) is 6.26 Å². The van der Waals surface area contributed by atoms with Gasteiger partial charge in [-0.3, -0.25) is 4.79 Å². The Kier molecular flexibility index (Phi) is 3.14. The van der Waals surface area contributed by atoms with Crippen LogP contribution in [0.1, 0.15) is 6.92 Å². The summed E-state index contributed by atoms with van der Waals surface area (Å²) in [6.45, 7) is 1.60. The predicted molar refractivity (Wildman–Crippen MR) is 64.9 cm³/mol. The van der Waals surface area contributed by atoms with Gasteiger partial charge in [0.2, 0.25) is 0 Å². The van der Waals surface area contributed by atoms with Gasteiger partial charge in [0.15, 0.2) is 0 Å². The van der Waals surface area contributed by atoms with E-state index in [1.165, 1.54) is 0 Å². The second-order valence-electron chi connectivity index (χ2n) is 3.76. The molecule has 17 heavy (non-hydrogen) atoms. The zero-order chi connectivity index (χ0) is 12.3. The van der Waals surface area contributed by atoms with Crippen molar-refractivity contribution >= 4 is 11.7 Å². The summed E-state index contributed by atoms with van der Waals surface area (Å²) < 4.78 is 5.26. The third-order valence-electron chi connectivity index (χ3n) is 2.44. The Labute approximate surface area is 98.9 Å². The molecule has 0 aliphatic rings. The van der Waals surface area contributed by atoms with E-state index in [4.69, 9.17) is 9.52 Å². The first kappa shape index (κ1) is 11.3. The van der Waals surface area contributed by atoms with E-state index in [-0.39, 0.29) is 0 Å². The first-order valence-corrected chi connectivity index (χ1v) is 5.30. The van der Waals surface area contributed by atoms with E-state index in [0.717, 1.165) is 17.0 Å². The average molecular weight is 231 g/mol. The van der Waals surface area contributed by atoms with Crippen LogP contribution in [0.2, 0.25) is 0 Å². The zero-order valence-corrected chi connectivity index (χ0v) is 9.38. The van der Waals surface area contributed by atoms with Gasteiger partial charge in [0.1, 0.15) is 11.8 Å². The molecule has 0 radical (unpaired) electrons. The van der Waals surface area contributed by atoms with Crippen LogP contribution in [-0.4, -0.2) is 17.1 Å². The van der Waals surface area contributed by atoms with Gasteiger partial charge in [-0.25, -0.2) is 0 Å². The van der Waals surface area contributed by atoms with E-state index in [2.05, 4.69) is 5.32 Å². The molecule has 1 heterocycles. The molecular formula is C13H13NO3. The third kappa shape index (κ3) is 2.66. The molecule has 88 valence electrons. The lowest BCUT2D eigenvalue weighted by Crippen LogP contribution is -2.25. The monoisotopic (exact) mass is 231 g/mol. The summed E-state index contributed by atoms with van der Waals surface area (Å²) in [5.74, 6) is -0.0806. The summed E-state index contributed by atoms with van der Waals surface area (Å²) >= 11 is 0. The number of aliphatic carboxylic acids is 1. The van der Waals surface area contributed by atoms with Gasteiger partial charge in [-0.05, 0) is 43.3 Å². The number of hydrogen-bond acceptors (Lipinski definition) is 3. The maximum atomic E-state index is 10.7. The molecule has 4 nitrogen and oxygen atoms in total. The third-order valence-corrected chi connectivity index (χ3v) is 2.44. The van der Waals surface area contributed by atoms with Crippen LogP contribution in [0, 0.1) is 0 Å². The molecule has 0 saturated heterocycles. The summed E-state index contributed by atoms with van der Waals surface area (Å²) in [6.07, 6.45) is 1.62. The second-order valence-corrected chi connectivity index (χ2v) is 3.76. The Balaban J connectivity index is 2.11. The molecule has 0 aliphatic heterocycles. The Bertz CT molecular complexity index is 488. The zero-order valence-electron chi connectivity index (χ0n) is 9.38. The lowest BCUT2D eigenvalue weighted by atomic mass is 10.1. The minimum atomic E-state index is -0.875. The van der Waals surface area contributed by atoms with Crippen molar-refractivity contribution in [2.75, 3.05) is 5.32 Å². The van der Waals surface area contributed by atoms with Crippen molar-refractivity contribution in [3.8, 4) is 11.3 Å². The number of carbonyl (C=O) groups is 1. The van der Waals surface area contributed by atoms with Gasteiger partial charge >= 0.3 is 5.97 Å². The number of nitrogens with one attached hydrogen (secondary N) is 1. The van der Waals surface area contributed by atoms with Crippen molar-refractivity contribution in [1.29, 1.82) is 0 Å². The smallest absolute Gasteiger partial charge is 0.325 e.